The third-order valence-electron chi connectivity index (χ3n) is 1.84. The molecule has 0 unspecified atom stereocenters. The van der Waals surface area contributed by atoms with Crippen LogP contribution in [0.3, 0.4) is 0 Å². The van der Waals surface area contributed by atoms with Gasteiger partial charge in [0.05, 0.1) is 10.5 Å². The molecule has 2 rings (SSSR count). The fraction of sp³-hybridized carbons (Fsp3) is 0. The number of hydrogen-bond acceptors (Lipinski definition) is 6. The van der Waals surface area contributed by atoms with E-state index in [1.165, 1.54) is 23.1 Å². The minimum absolute atomic E-state index is 0.403. The normalized spacial score (nSPS) is 10.2. The van der Waals surface area contributed by atoms with Gasteiger partial charge in [0.2, 0.25) is 5.91 Å². The summed E-state index contributed by atoms with van der Waals surface area (Å²) in [5, 5.41) is 7.59. The lowest BCUT2D eigenvalue weighted by molar-refractivity contribution is 0.0997. The van der Waals surface area contributed by atoms with Crippen LogP contribution < -0.4 is 11.5 Å². The number of aromatic nitrogens is 2. The predicted molar refractivity (Wildman–Crippen MR) is 63.4 cm³/mol. The van der Waals surface area contributed by atoms with E-state index in [1.54, 1.807) is 23.7 Å². The molecule has 4 N–H and O–H groups in total. The number of amides is 1. The van der Waals surface area contributed by atoms with Crippen LogP contribution in [-0.4, -0.2) is 16.1 Å². The Morgan fingerprint density at radius 1 is 1.44 bits per heavy atom. The van der Waals surface area contributed by atoms with E-state index < -0.39 is 5.91 Å². The molecule has 1 heterocycles. The lowest BCUT2D eigenvalue weighted by atomic mass is 10.2. The maximum Gasteiger partial charge on any atom is 0.249 e. The highest BCUT2D eigenvalue weighted by Crippen LogP contribution is 2.35. The average molecular weight is 252 g/mol. The van der Waals surface area contributed by atoms with Crippen molar-refractivity contribution >= 4 is 34.7 Å². The van der Waals surface area contributed by atoms with Gasteiger partial charge in [0.15, 0.2) is 4.34 Å². The van der Waals surface area contributed by atoms with Crippen molar-refractivity contribution in [2.75, 3.05) is 5.73 Å². The van der Waals surface area contributed by atoms with Crippen LogP contribution in [0.15, 0.2) is 32.9 Å². The smallest absolute Gasteiger partial charge is 0.249 e. The molecule has 0 saturated carbocycles. The second-order valence-electron chi connectivity index (χ2n) is 2.89. The molecule has 0 bridgehead atoms. The molecule has 0 atom stereocenters. The van der Waals surface area contributed by atoms with Gasteiger partial charge in [0.25, 0.3) is 0 Å². The number of benzene rings is 1. The van der Waals surface area contributed by atoms with Gasteiger partial charge in [-0.05, 0) is 12.1 Å². The minimum atomic E-state index is -0.501. The first-order valence-corrected chi connectivity index (χ1v) is 6.00. The Morgan fingerprint density at radius 2 is 2.25 bits per heavy atom. The summed E-state index contributed by atoms with van der Waals surface area (Å²) in [4.78, 5) is 11.9. The van der Waals surface area contributed by atoms with Crippen LogP contribution in [-0.2, 0) is 0 Å². The van der Waals surface area contributed by atoms with Crippen LogP contribution in [0.1, 0.15) is 10.4 Å². The van der Waals surface area contributed by atoms with Crippen molar-refractivity contribution in [2.24, 2.45) is 5.73 Å². The van der Waals surface area contributed by atoms with Crippen LogP contribution in [0.25, 0.3) is 0 Å². The summed E-state index contributed by atoms with van der Waals surface area (Å²) in [6.45, 7) is 0. The van der Waals surface area contributed by atoms with Crippen LogP contribution in [0.4, 0.5) is 5.69 Å². The number of carbonyl (C=O) groups excluding carboxylic acids is 1. The Hall–Kier alpha value is -1.60. The Bertz CT molecular complexity index is 512. The first-order valence-electron chi connectivity index (χ1n) is 4.31. The highest BCUT2D eigenvalue weighted by molar-refractivity contribution is 8.01. The van der Waals surface area contributed by atoms with Gasteiger partial charge >= 0.3 is 0 Å². The summed E-state index contributed by atoms with van der Waals surface area (Å²) in [6.07, 6.45) is 0. The van der Waals surface area contributed by atoms with E-state index in [2.05, 4.69) is 10.2 Å². The van der Waals surface area contributed by atoms with Crippen molar-refractivity contribution in [3.8, 4) is 0 Å². The maximum atomic E-state index is 11.2. The van der Waals surface area contributed by atoms with Gasteiger partial charge in [0, 0.05) is 5.69 Å². The second kappa shape index (κ2) is 4.50. The summed E-state index contributed by atoms with van der Waals surface area (Å²) >= 11 is 2.67. The van der Waals surface area contributed by atoms with Crippen LogP contribution >= 0.6 is 23.1 Å². The molecular weight excluding hydrogens is 244 g/mol. The van der Waals surface area contributed by atoms with E-state index in [9.17, 15) is 4.79 Å². The summed E-state index contributed by atoms with van der Waals surface area (Å²) in [5.74, 6) is -0.501. The second-order valence-corrected chi connectivity index (χ2v) is 4.99. The number of anilines is 1. The molecular formula is C9H8N4OS2. The zero-order valence-electron chi connectivity index (χ0n) is 8.08. The molecule has 1 aromatic carbocycles. The Balaban J connectivity index is 2.42. The van der Waals surface area contributed by atoms with Crippen molar-refractivity contribution in [3.05, 3.63) is 29.3 Å². The molecule has 2 aromatic rings. The topological polar surface area (TPSA) is 94.9 Å². The highest BCUT2D eigenvalue weighted by atomic mass is 32.2. The lowest BCUT2D eigenvalue weighted by Gasteiger charge is -2.06. The van der Waals surface area contributed by atoms with Gasteiger partial charge in [0.1, 0.15) is 5.51 Å². The molecule has 0 saturated heterocycles. The zero-order chi connectivity index (χ0) is 11.5. The van der Waals surface area contributed by atoms with Gasteiger partial charge in [-0.3, -0.25) is 4.79 Å². The number of rotatable bonds is 3. The molecule has 0 aliphatic heterocycles. The number of nitrogens with zero attached hydrogens (tertiary/aromatic N) is 2. The number of hydrogen-bond donors (Lipinski definition) is 2. The van der Waals surface area contributed by atoms with Crippen molar-refractivity contribution < 1.29 is 4.79 Å². The van der Waals surface area contributed by atoms with Gasteiger partial charge < -0.3 is 11.5 Å². The molecule has 1 amide bonds. The third kappa shape index (κ3) is 2.15. The highest BCUT2D eigenvalue weighted by Gasteiger charge is 2.13. The van der Waals surface area contributed by atoms with Crippen molar-refractivity contribution in [1.29, 1.82) is 0 Å². The monoisotopic (exact) mass is 252 g/mol. The fourth-order valence-electron chi connectivity index (χ4n) is 1.16. The van der Waals surface area contributed by atoms with Crippen LogP contribution in [0.2, 0.25) is 0 Å². The first-order chi connectivity index (χ1) is 7.68. The summed E-state index contributed by atoms with van der Waals surface area (Å²) < 4.78 is 0.723. The van der Waals surface area contributed by atoms with Gasteiger partial charge in [-0.1, -0.05) is 29.2 Å². The van der Waals surface area contributed by atoms with Gasteiger partial charge in [-0.2, -0.15) is 0 Å². The molecule has 7 heteroatoms. The number of carbonyl (C=O) groups is 1. The van der Waals surface area contributed by atoms with Crippen molar-refractivity contribution in [1.82, 2.24) is 10.2 Å². The van der Waals surface area contributed by atoms with Crippen molar-refractivity contribution in [2.45, 2.75) is 9.24 Å². The first kappa shape index (κ1) is 10.9. The summed E-state index contributed by atoms with van der Waals surface area (Å²) in [5.41, 5.74) is 13.6. The Kier molecular flexibility index (Phi) is 3.07. The summed E-state index contributed by atoms with van der Waals surface area (Å²) in [7, 11) is 0. The third-order valence-corrected chi connectivity index (χ3v) is 3.78. The Morgan fingerprint density at radius 3 is 2.88 bits per heavy atom. The fourth-order valence-corrected chi connectivity index (χ4v) is 2.73. The quantitative estimate of drug-likeness (QED) is 0.804. The number of nitrogen functional groups attached to an aromatic ring is 1. The SMILES string of the molecule is NC(=O)c1cccc(N)c1Sc1nncs1. The van der Waals surface area contributed by atoms with Crippen LogP contribution in [0.5, 0.6) is 0 Å². The molecule has 0 fully saturated rings. The molecule has 0 spiro atoms. The van der Waals surface area contributed by atoms with E-state index >= 15 is 0 Å². The van der Waals surface area contributed by atoms with Crippen molar-refractivity contribution in [3.63, 3.8) is 0 Å². The lowest BCUT2D eigenvalue weighted by Crippen LogP contribution is -2.12. The molecule has 5 nitrogen and oxygen atoms in total. The van der Waals surface area contributed by atoms with E-state index in [4.69, 9.17) is 11.5 Å². The Labute approximate surface area is 99.9 Å². The van der Waals surface area contributed by atoms with Gasteiger partial charge in [-0.15, -0.1) is 10.2 Å². The number of primary amides is 1. The molecule has 0 radical (unpaired) electrons. The maximum absolute atomic E-state index is 11.2. The minimum Gasteiger partial charge on any atom is -0.398 e. The molecule has 1 aromatic heterocycles. The molecule has 0 aliphatic carbocycles. The standard InChI is InChI=1S/C9H8N4OS2/c10-6-3-1-2-5(8(11)14)7(6)16-9-13-12-4-15-9/h1-4H,10H2,(H2,11,14). The summed E-state index contributed by atoms with van der Waals surface area (Å²) in [6, 6.07) is 5.05. The van der Waals surface area contributed by atoms with E-state index in [0.29, 0.717) is 16.1 Å². The van der Waals surface area contributed by atoms with E-state index in [-0.39, 0.29) is 0 Å². The van der Waals surface area contributed by atoms with E-state index in [0.717, 1.165) is 4.34 Å². The van der Waals surface area contributed by atoms with Crippen LogP contribution in [0, 0.1) is 0 Å². The van der Waals surface area contributed by atoms with E-state index in [1.807, 2.05) is 0 Å². The molecule has 16 heavy (non-hydrogen) atoms. The van der Waals surface area contributed by atoms with Gasteiger partial charge in [-0.25, -0.2) is 0 Å². The zero-order valence-corrected chi connectivity index (χ0v) is 9.72. The predicted octanol–water partition coefficient (Wildman–Crippen LogP) is 1.37. The average Bonchev–Trinajstić information content (AvgIpc) is 2.73. The largest absolute Gasteiger partial charge is 0.398 e. The molecule has 0 aliphatic rings. The number of nitrogens with two attached hydrogens (primary N) is 2. The molecule has 82 valence electrons.